The smallest absolute Gasteiger partial charge is 0.387 e. The van der Waals surface area contributed by atoms with Crippen LogP contribution in [0.15, 0.2) is 42.5 Å². The van der Waals surface area contributed by atoms with E-state index in [9.17, 15) is 13.6 Å². The van der Waals surface area contributed by atoms with Crippen molar-refractivity contribution in [3.63, 3.8) is 0 Å². The predicted octanol–water partition coefficient (Wildman–Crippen LogP) is 2.91. The number of methoxy groups -OCH3 is 1. The molecule has 0 aliphatic heterocycles. The minimum absolute atomic E-state index is 0.0453. The van der Waals surface area contributed by atoms with Gasteiger partial charge in [-0.2, -0.15) is 14.0 Å². The van der Waals surface area contributed by atoms with E-state index in [1.165, 1.54) is 13.2 Å². The van der Waals surface area contributed by atoms with Gasteiger partial charge in [-0.25, -0.2) is 0 Å². The lowest BCUT2D eigenvalue weighted by molar-refractivity contribution is -0.123. The lowest BCUT2D eigenvalue weighted by Gasteiger charge is -2.12. The van der Waals surface area contributed by atoms with Crippen molar-refractivity contribution < 1.29 is 27.8 Å². The largest absolute Gasteiger partial charge is 0.493 e. The molecule has 0 aromatic heterocycles. The molecule has 2 rings (SSSR count). The van der Waals surface area contributed by atoms with E-state index in [0.717, 1.165) is 5.56 Å². The summed E-state index contributed by atoms with van der Waals surface area (Å²) in [4.78, 5) is 11.8. The standard InChI is InChI=1S/C19H18F2N2O4/c1-25-17-10-13(4-7-16(17)27-19(20)21)8-9-23-18(24)12-26-15-5-2-14(11-22)3-6-15/h2-7,10,19H,8-9,12H2,1H3,(H,23,24). The third-order valence-electron chi connectivity index (χ3n) is 3.53. The number of ether oxygens (including phenoxy) is 3. The van der Waals surface area contributed by atoms with Crippen LogP contribution in [0, 0.1) is 11.3 Å². The first kappa shape index (κ1) is 20.0. The van der Waals surface area contributed by atoms with Gasteiger partial charge in [0.05, 0.1) is 18.7 Å². The Morgan fingerprint density at radius 3 is 2.56 bits per heavy atom. The zero-order valence-electron chi connectivity index (χ0n) is 14.6. The summed E-state index contributed by atoms with van der Waals surface area (Å²) < 4.78 is 39.3. The van der Waals surface area contributed by atoms with Gasteiger partial charge >= 0.3 is 6.61 Å². The van der Waals surface area contributed by atoms with E-state index in [4.69, 9.17) is 14.7 Å². The number of hydrogen-bond acceptors (Lipinski definition) is 5. The number of carbonyl (C=O) groups excluding carboxylic acids is 1. The molecule has 142 valence electrons. The fourth-order valence-electron chi connectivity index (χ4n) is 2.23. The molecule has 2 aromatic rings. The molecule has 2 aromatic carbocycles. The van der Waals surface area contributed by atoms with E-state index in [1.54, 1.807) is 36.4 Å². The van der Waals surface area contributed by atoms with E-state index >= 15 is 0 Å². The first-order valence-corrected chi connectivity index (χ1v) is 8.03. The number of nitrogens with one attached hydrogen (secondary N) is 1. The van der Waals surface area contributed by atoms with Crippen molar-refractivity contribution in [2.75, 3.05) is 20.3 Å². The Morgan fingerprint density at radius 2 is 1.93 bits per heavy atom. The molecule has 0 radical (unpaired) electrons. The van der Waals surface area contributed by atoms with E-state index in [-0.39, 0.29) is 24.0 Å². The summed E-state index contributed by atoms with van der Waals surface area (Å²) >= 11 is 0. The van der Waals surface area contributed by atoms with Crippen molar-refractivity contribution in [1.29, 1.82) is 5.26 Å². The van der Waals surface area contributed by atoms with Gasteiger partial charge in [-0.3, -0.25) is 4.79 Å². The number of hydrogen-bond donors (Lipinski definition) is 1. The van der Waals surface area contributed by atoms with Gasteiger partial charge in [0.15, 0.2) is 18.1 Å². The maximum Gasteiger partial charge on any atom is 0.387 e. The third kappa shape index (κ3) is 6.47. The molecule has 0 saturated carbocycles. The van der Waals surface area contributed by atoms with Crippen LogP contribution in [0.2, 0.25) is 0 Å². The average molecular weight is 376 g/mol. The number of nitrogens with zero attached hydrogens (tertiary/aromatic N) is 1. The molecule has 0 heterocycles. The molecule has 0 fully saturated rings. The van der Waals surface area contributed by atoms with Gasteiger partial charge in [0, 0.05) is 6.54 Å². The zero-order valence-corrected chi connectivity index (χ0v) is 14.6. The number of benzene rings is 2. The maximum absolute atomic E-state index is 12.3. The third-order valence-corrected chi connectivity index (χ3v) is 3.53. The van der Waals surface area contributed by atoms with Gasteiger partial charge in [-0.05, 0) is 48.4 Å². The Balaban J connectivity index is 1.77. The van der Waals surface area contributed by atoms with Crippen LogP contribution in [-0.4, -0.2) is 32.8 Å². The molecule has 1 amide bonds. The monoisotopic (exact) mass is 376 g/mol. The van der Waals surface area contributed by atoms with Crippen molar-refractivity contribution in [1.82, 2.24) is 5.32 Å². The number of rotatable bonds is 9. The Hall–Kier alpha value is -3.34. The van der Waals surface area contributed by atoms with Crippen molar-refractivity contribution in [2.45, 2.75) is 13.0 Å². The number of alkyl halides is 2. The van der Waals surface area contributed by atoms with Gasteiger partial charge < -0.3 is 19.5 Å². The normalized spacial score (nSPS) is 10.2. The first-order chi connectivity index (χ1) is 13.0. The summed E-state index contributed by atoms with van der Waals surface area (Å²) in [5.41, 5.74) is 1.30. The lowest BCUT2D eigenvalue weighted by atomic mass is 10.1. The minimum Gasteiger partial charge on any atom is -0.493 e. The van der Waals surface area contributed by atoms with E-state index < -0.39 is 6.61 Å². The van der Waals surface area contributed by atoms with E-state index in [2.05, 4.69) is 10.1 Å². The van der Waals surface area contributed by atoms with Crippen molar-refractivity contribution in [3.8, 4) is 23.3 Å². The van der Waals surface area contributed by atoms with Crippen molar-refractivity contribution in [3.05, 3.63) is 53.6 Å². The molecule has 6 nitrogen and oxygen atoms in total. The summed E-state index contributed by atoms with van der Waals surface area (Å²) in [5, 5.41) is 11.4. The highest BCUT2D eigenvalue weighted by atomic mass is 19.3. The average Bonchev–Trinajstić information content (AvgIpc) is 2.67. The Labute approximate surface area is 155 Å². The Kier molecular flexibility index (Phi) is 7.37. The number of carbonyl (C=O) groups is 1. The molecule has 0 aliphatic rings. The summed E-state index contributed by atoms with van der Waals surface area (Å²) in [7, 11) is 1.36. The van der Waals surface area contributed by atoms with Crippen molar-refractivity contribution in [2.24, 2.45) is 0 Å². The molecule has 0 spiro atoms. The molecular formula is C19H18F2N2O4. The zero-order chi connectivity index (χ0) is 19.6. The van der Waals surface area contributed by atoms with Crippen LogP contribution < -0.4 is 19.5 Å². The summed E-state index contributed by atoms with van der Waals surface area (Å²) in [6.07, 6.45) is 0.480. The molecular weight excluding hydrogens is 358 g/mol. The molecule has 27 heavy (non-hydrogen) atoms. The van der Waals surface area contributed by atoms with Crippen LogP contribution in [-0.2, 0) is 11.2 Å². The number of amides is 1. The summed E-state index contributed by atoms with van der Waals surface area (Å²) in [6, 6.07) is 13.0. The molecule has 0 atom stereocenters. The molecule has 0 unspecified atom stereocenters. The molecule has 8 heteroatoms. The highest BCUT2D eigenvalue weighted by Gasteiger charge is 2.11. The fraction of sp³-hybridized carbons (Fsp3) is 0.263. The van der Waals surface area contributed by atoms with Gasteiger partial charge in [0.2, 0.25) is 0 Å². The van der Waals surface area contributed by atoms with Gasteiger partial charge in [-0.1, -0.05) is 6.07 Å². The van der Waals surface area contributed by atoms with Crippen LogP contribution in [0.1, 0.15) is 11.1 Å². The van der Waals surface area contributed by atoms with Crippen molar-refractivity contribution >= 4 is 5.91 Å². The van der Waals surface area contributed by atoms with E-state index in [0.29, 0.717) is 24.3 Å². The number of nitriles is 1. The van der Waals surface area contributed by atoms with E-state index in [1.807, 2.05) is 6.07 Å². The summed E-state index contributed by atoms with van der Waals surface area (Å²) in [5.74, 6) is 0.340. The maximum atomic E-state index is 12.3. The SMILES string of the molecule is COc1cc(CCNC(=O)COc2ccc(C#N)cc2)ccc1OC(F)F. The topological polar surface area (TPSA) is 80.6 Å². The lowest BCUT2D eigenvalue weighted by Crippen LogP contribution is -2.30. The second-order valence-electron chi connectivity index (χ2n) is 5.39. The molecule has 1 N–H and O–H groups in total. The second-order valence-corrected chi connectivity index (χ2v) is 5.39. The van der Waals surface area contributed by atoms with Crippen LogP contribution in [0.4, 0.5) is 8.78 Å². The van der Waals surface area contributed by atoms with Gasteiger partial charge in [0.25, 0.3) is 5.91 Å². The quantitative estimate of drug-likeness (QED) is 0.728. The minimum atomic E-state index is -2.93. The van der Waals surface area contributed by atoms with Gasteiger partial charge in [0.1, 0.15) is 5.75 Å². The fourth-order valence-corrected chi connectivity index (χ4v) is 2.23. The second kappa shape index (κ2) is 9.97. The predicted molar refractivity (Wildman–Crippen MR) is 93.0 cm³/mol. The number of halogens is 2. The van der Waals surface area contributed by atoms with Crippen LogP contribution >= 0.6 is 0 Å². The molecule has 0 aliphatic carbocycles. The first-order valence-electron chi connectivity index (χ1n) is 8.03. The highest BCUT2D eigenvalue weighted by Crippen LogP contribution is 2.29. The van der Waals surface area contributed by atoms with Gasteiger partial charge in [-0.15, -0.1) is 0 Å². The molecule has 0 saturated heterocycles. The van der Waals surface area contributed by atoms with Crippen LogP contribution in [0.25, 0.3) is 0 Å². The van der Waals surface area contributed by atoms with Crippen LogP contribution in [0.5, 0.6) is 17.2 Å². The Morgan fingerprint density at radius 1 is 1.19 bits per heavy atom. The highest BCUT2D eigenvalue weighted by molar-refractivity contribution is 5.77. The Bertz CT molecular complexity index is 804. The summed E-state index contributed by atoms with van der Waals surface area (Å²) in [6.45, 7) is -2.75. The van der Waals surface area contributed by atoms with Crippen LogP contribution in [0.3, 0.4) is 0 Å². The molecule has 0 bridgehead atoms.